The van der Waals surface area contributed by atoms with E-state index in [2.05, 4.69) is 15.0 Å². The van der Waals surface area contributed by atoms with E-state index in [1.165, 1.54) is 0 Å². The molecule has 6 nitrogen and oxygen atoms in total. The molecule has 1 rings (SSSR count). The molecule has 0 unspecified atom stereocenters. The van der Waals surface area contributed by atoms with Gasteiger partial charge >= 0.3 is 0 Å². The summed E-state index contributed by atoms with van der Waals surface area (Å²) in [7, 11) is -3.32. The van der Waals surface area contributed by atoms with Gasteiger partial charge in [-0.1, -0.05) is 37.3 Å². The molecule has 0 aliphatic rings. The van der Waals surface area contributed by atoms with Gasteiger partial charge in [0.25, 0.3) is 0 Å². The third-order valence-corrected chi connectivity index (χ3v) is 3.85. The summed E-state index contributed by atoms with van der Waals surface area (Å²) in [5.74, 6) is 0.243. The smallest absolute Gasteiger partial charge is 0.213 e. The zero-order chi connectivity index (χ0) is 14.8. The van der Waals surface area contributed by atoms with Crippen molar-refractivity contribution in [2.75, 3.05) is 18.8 Å². The lowest BCUT2D eigenvalue weighted by Crippen LogP contribution is -2.38. The Morgan fingerprint density at radius 1 is 1.30 bits per heavy atom. The van der Waals surface area contributed by atoms with Crippen LogP contribution in [0.3, 0.4) is 0 Å². The van der Waals surface area contributed by atoms with Gasteiger partial charge in [-0.3, -0.25) is 4.99 Å². The van der Waals surface area contributed by atoms with Gasteiger partial charge in [-0.2, -0.15) is 0 Å². The maximum Gasteiger partial charge on any atom is 0.213 e. The predicted octanol–water partition coefficient (Wildman–Crippen LogP) is 0.420. The van der Waals surface area contributed by atoms with Crippen LogP contribution in [0.1, 0.15) is 18.9 Å². The molecule has 0 aliphatic heterocycles. The van der Waals surface area contributed by atoms with Gasteiger partial charge in [-0.15, -0.1) is 0 Å². The second-order valence-corrected chi connectivity index (χ2v) is 6.25. The fraction of sp³-hybridized carbons (Fsp3) is 0.462. The Balaban J connectivity index is 2.31. The molecule has 112 valence electrons. The third kappa shape index (κ3) is 7.10. The average molecular weight is 298 g/mol. The number of guanidine groups is 1. The lowest BCUT2D eigenvalue weighted by atomic mass is 10.2. The number of aliphatic imine (C=N–C) groups is 1. The maximum atomic E-state index is 11.8. The van der Waals surface area contributed by atoms with Crippen LogP contribution in [0, 0.1) is 0 Å². The molecule has 0 saturated heterocycles. The van der Waals surface area contributed by atoms with Crippen molar-refractivity contribution in [1.82, 2.24) is 10.0 Å². The highest BCUT2D eigenvalue weighted by atomic mass is 32.2. The van der Waals surface area contributed by atoms with Crippen LogP contribution >= 0.6 is 0 Å². The van der Waals surface area contributed by atoms with Gasteiger partial charge in [0.1, 0.15) is 0 Å². The molecule has 7 heteroatoms. The van der Waals surface area contributed by atoms with Crippen molar-refractivity contribution in [2.45, 2.75) is 19.9 Å². The predicted molar refractivity (Wildman–Crippen MR) is 81.9 cm³/mol. The van der Waals surface area contributed by atoms with Crippen LogP contribution in [0.25, 0.3) is 0 Å². The van der Waals surface area contributed by atoms with Crippen molar-refractivity contribution in [3.05, 3.63) is 35.9 Å². The number of rotatable bonds is 8. The number of benzene rings is 1. The first kappa shape index (κ1) is 16.5. The van der Waals surface area contributed by atoms with Crippen molar-refractivity contribution in [3.63, 3.8) is 0 Å². The number of hydrogen-bond donors (Lipinski definition) is 3. The Morgan fingerprint density at radius 3 is 2.65 bits per heavy atom. The van der Waals surface area contributed by atoms with E-state index >= 15 is 0 Å². The highest BCUT2D eigenvalue weighted by Crippen LogP contribution is 1.98. The van der Waals surface area contributed by atoms with E-state index < -0.39 is 10.0 Å². The standard InChI is InChI=1S/C13H22N4O2S/c1-2-8-15-13(14)16-9-10-20(18,19)17-11-12-6-4-3-5-7-12/h3-7,17H,2,8-11H2,1H3,(H3,14,15,16). The number of nitrogens with zero attached hydrogens (tertiary/aromatic N) is 1. The van der Waals surface area contributed by atoms with E-state index in [4.69, 9.17) is 5.73 Å². The van der Waals surface area contributed by atoms with Crippen molar-refractivity contribution >= 4 is 16.0 Å². The van der Waals surface area contributed by atoms with E-state index in [1.54, 1.807) is 0 Å². The zero-order valence-electron chi connectivity index (χ0n) is 11.7. The first-order valence-electron chi connectivity index (χ1n) is 6.58. The number of nitrogens with two attached hydrogens (primary N) is 1. The molecule has 1 aromatic rings. The summed E-state index contributed by atoms with van der Waals surface area (Å²) in [5, 5.41) is 2.78. The molecule has 0 saturated carbocycles. The van der Waals surface area contributed by atoms with Gasteiger partial charge in [-0.25, -0.2) is 13.1 Å². The number of nitrogens with one attached hydrogen (secondary N) is 2. The summed E-state index contributed by atoms with van der Waals surface area (Å²) in [4.78, 5) is 4.02. The molecule has 0 atom stereocenters. The summed E-state index contributed by atoms with van der Waals surface area (Å²) in [6.45, 7) is 3.17. The van der Waals surface area contributed by atoms with Crippen LogP contribution in [0.2, 0.25) is 0 Å². The minimum Gasteiger partial charge on any atom is -0.370 e. The van der Waals surface area contributed by atoms with Crippen molar-refractivity contribution in [2.24, 2.45) is 10.7 Å². The summed E-state index contributed by atoms with van der Waals surface area (Å²) in [6, 6.07) is 9.37. The summed E-state index contributed by atoms with van der Waals surface area (Å²) in [6.07, 6.45) is 0.902. The van der Waals surface area contributed by atoms with Crippen LogP contribution in [-0.4, -0.2) is 33.2 Å². The van der Waals surface area contributed by atoms with Gasteiger partial charge in [-0.05, 0) is 12.0 Å². The minimum atomic E-state index is -3.32. The fourth-order valence-corrected chi connectivity index (χ4v) is 2.36. The van der Waals surface area contributed by atoms with Crippen LogP contribution in [0.15, 0.2) is 35.3 Å². The highest BCUT2D eigenvalue weighted by molar-refractivity contribution is 7.89. The molecule has 0 bridgehead atoms. The van der Waals surface area contributed by atoms with Crippen LogP contribution in [0.5, 0.6) is 0 Å². The van der Waals surface area contributed by atoms with Crippen LogP contribution in [0.4, 0.5) is 0 Å². The second-order valence-electron chi connectivity index (χ2n) is 4.32. The minimum absolute atomic E-state index is 0.0395. The van der Waals surface area contributed by atoms with Crippen molar-refractivity contribution in [3.8, 4) is 0 Å². The molecular formula is C13H22N4O2S. The molecule has 0 aromatic heterocycles. The fourth-order valence-electron chi connectivity index (χ4n) is 1.46. The summed E-state index contributed by atoms with van der Waals surface area (Å²) >= 11 is 0. The Hall–Kier alpha value is -1.60. The number of sulfonamides is 1. The van der Waals surface area contributed by atoms with Crippen molar-refractivity contribution in [1.29, 1.82) is 0 Å². The largest absolute Gasteiger partial charge is 0.370 e. The van der Waals surface area contributed by atoms with Crippen LogP contribution in [-0.2, 0) is 16.6 Å². The third-order valence-electron chi connectivity index (χ3n) is 2.52. The van der Waals surface area contributed by atoms with E-state index in [0.29, 0.717) is 13.1 Å². The lowest BCUT2D eigenvalue weighted by Gasteiger charge is -2.08. The number of hydrogen-bond acceptors (Lipinski definition) is 3. The van der Waals surface area contributed by atoms with Gasteiger partial charge in [0.05, 0.1) is 5.75 Å². The molecule has 0 aliphatic carbocycles. The second kappa shape index (κ2) is 8.55. The Bertz CT molecular complexity index is 514. The molecule has 0 amide bonds. The van der Waals surface area contributed by atoms with Gasteiger partial charge in [0, 0.05) is 19.6 Å². The first-order valence-corrected chi connectivity index (χ1v) is 8.24. The van der Waals surface area contributed by atoms with Gasteiger partial charge < -0.3 is 11.1 Å². The summed E-state index contributed by atoms with van der Waals surface area (Å²) < 4.78 is 26.1. The summed E-state index contributed by atoms with van der Waals surface area (Å²) in [5.41, 5.74) is 6.50. The van der Waals surface area contributed by atoms with Crippen LogP contribution < -0.4 is 15.8 Å². The topological polar surface area (TPSA) is 96.6 Å². The van der Waals surface area contributed by atoms with Gasteiger partial charge in [0.15, 0.2) is 5.96 Å². The van der Waals surface area contributed by atoms with Crippen molar-refractivity contribution < 1.29 is 8.42 Å². The monoisotopic (exact) mass is 298 g/mol. The van der Waals surface area contributed by atoms with E-state index in [1.807, 2.05) is 37.3 Å². The molecule has 0 spiro atoms. The quantitative estimate of drug-likeness (QED) is 0.479. The Morgan fingerprint density at radius 2 is 2.00 bits per heavy atom. The van der Waals surface area contributed by atoms with E-state index in [-0.39, 0.29) is 18.3 Å². The Kier molecular flexibility index (Phi) is 7.03. The van der Waals surface area contributed by atoms with E-state index in [0.717, 1.165) is 12.0 Å². The molecule has 4 N–H and O–H groups in total. The van der Waals surface area contributed by atoms with E-state index in [9.17, 15) is 8.42 Å². The normalized spacial score (nSPS) is 12.3. The SMILES string of the molecule is CCCN=C(N)NCCS(=O)(=O)NCc1ccccc1. The molecular weight excluding hydrogens is 276 g/mol. The average Bonchev–Trinajstić information content (AvgIpc) is 2.44. The van der Waals surface area contributed by atoms with Gasteiger partial charge in [0.2, 0.25) is 10.0 Å². The molecule has 0 fully saturated rings. The first-order chi connectivity index (χ1) is 9.53. The molecule has 20 heavy (non-hydrogen) atoms. The Labute approximate surface area is 120 Å². The maximum absolute atomic E-state index is 11.8. The highest BCUT2D eigenvalue weighted by Gasteiger charge is 2.09. The zero-order valence-corrected chi connectivity index (χ0v) is 12.5. The lowest BCUT2D eigenvalue weighted by molar-refractivity contribution is 0.580. The molecule has 0 heterocycles. The molecule has 0 radical (unpaired) electrons. The molecule has 1 aromatic carbocycles.